The Hall–Kier alpha value is -1.51. The molecule has 0 spiro atoms. The van der Waals surface area contributed by atoms with E-state index in [2.05, 4.69) is 0 Å². The summed E-state index contributed by atoms with van der Waals surface area (Å²) < 4.78 is 0. The van der Waals surface area contributed by atoms with Crippen LogP contribution >= 0.6 is 0 Å². The van der Waals surface area contributed by atoms with Gasteiger partial charge in [-0.3, -0.25) is 4.79 Å². The van der Waals surface area contributed by atoms with Crippen molar-refractivity contribution in [3.8, 4) is 5.75 Å². The summed E-state index contributed by atoms with van der Waals surface area (Å²) in [5, 5.41) is 18.2. The van der Waals surface area contributed by atoms with Crippen molar-refractivity contribution in [2.75, 3.05) is 0 Å². The molecule has 0 radical (unpaired) electrons. The van der Waals surface area contributed by atoms with E-state index < -0.39 is 5.97 Å². The predicted octanol–water partition coefficient (Wildman–Crippen LogP) is 1.89. The van der Waals surface area contributed by atoms with Gasteiger partial charge in [0.25, 0.3) is 0 Å². The van der Waals surface area contributed by atoms with Gasteiger partial charge in [0.15, 0.2) is 0 Å². The van der Waals surface area contributed by atoms with Crippen molar-refractivity contribution >= 4 is 5.97 Å². The first kappa shape index (κ1) is 10.6. The highest BCUT2D eigenvalue weighted by atomic mass is 16.4. The molecule has 0 atom stereocenters. The third kappa shape index (κ3) is 2.25. The molecular formula is C11H14O3. The average Bonchev–Trinajstić information content (AvgIpc) is 2.09. The summed E-state index contributed by atoms with van der Waals surface area (Å²) in [5.74, 6) is -0.597. The second kappa shape index (κ2) is 4.13. The monoisotopic (exact) mass is 194 g/mol. The highest BCUT2D eigenvalue weighted by Gasteiger charge is 2.08. The number of carboxylic acids is 1. The Balaban J connectivity index is 3.10. The Bertz CT molecular complexity index is 356. The quantitative estimate of drug-likeness (QED) is 0.772. The Kier molecular flexibility index (Phi) is 3.12. The molecule has 0 aliphatic heterocycles. The van der Waals surface area contributed by atoms with Gasteiger partial charge in [0.2, 0.25) is 0 Å². The molecule has 1 aromatic rings. The number of aryl methyl sites for hydroxylation is 2. The summed E-state index contributed by atoms with van der Waals surface area (Å²) in [6, 6.07) is 3.38. The Morgan fingerprint density at radius 1 is 1.36 bits per heavy atom. The molecule has 0 aliphatic rings. The molecule has 76 valence electrons. The molecule has 0 heterocycles. The maximum absolute atomic E-state index is 10.5. The van der Waals surface area contributed by atoms with Crippen molar-refractivity contribution in [3.63, 3.8) is 0 Å². The first-order valence-corrected chi connectivity index (χ1v) is 4.57. The van der Waals surface area contributed by atoms with Crippen molar-refractivity contribution in [2.24, 2.45) is 0 Å². The molecule has 1 rings (SSSR count). The van der Waals surface area contributed by atoms with Crippen LogP contribution in [0.5, 0.6) is 5.75 Å². The second-order valence-electron chi connectivity index (χ2n) is 3.33. The first-order chi connectivity index (χ1) is 6.54. The maximum Gasteiger partial charge on any atom is 0.307 e. The summed E-state index contributed by atoms with van der Waals surface area (Å²) in [6.45, 7) is 3.73. The van der Waals surface area contributed by atoms with Crippen LogP contribution in [0.15, 0.2) is 12.1 Å². The number of aliphatic carboxylic acids is 1. The number of phenols is 1. The summed E-state index contributed by atoms with van der Waals surface area (Å²) in [7, 11) is 0. The molecular weight excluding hydrogens is 180 g/mol. The van der Waals surface area contributed by atoms with Gasteiger partial charge in [0.1, 0.15) is 5.75 Å². The van der Waals surface area contributed by atoms with E-state index in [-0.39, 0.29) is 12.2 Å². The summed E-state index contributed by atoms with van der Waals surface area (Å²) in [6.07, 6.45) is 0.720. The third-order valence-corrected chi connectivity index (χ3v) is 2.26. The molecule has 0 bridgehead atoms. The molecule has 2 N–H and O–H groups in total. The molecule has 0 amide bonds. The number of benzene rings is 1. The average molecular weight is 194 g/mol. The lowest BCUT2D eigenvalue weighted by Gasteiger charge is -2.08. The van der Waals surface area contributed by atoms with E-state index in [9.17, 15) is 9.90 Å². The Morgan fingerprint density at radius 2 is 2.00 bits per heavy atom. The van der Waals surface area contributed by atoms with Gasteiger partial charge in [0, 0.05) is 0 Å². The summed E-state index contributed by atoms with van der Waals surface area (Å²) in [4.78, 5) is 10.5. The van der Waals surface area contributed by atoms with Crippen LogP contribution in [0.2, 0.25) is 0 Å². The number of phenolic OH excluding ortho intramolecular Hbond substituents is 1. The minimum atomic E-state index is -0.846. The lowest BCUT2D eigenvalue weighted by molar-refractivity contribution is -0.136. The topological polar surface area (TPSA) is 57.5 Å². The van der Waals surface area contributed by atoms with Crippen LogP contribution in [0, 0.1) is 6.92 Å². The van der Waals surface area contributed by atoms with Crippen LogP contribution in [-0.4, -0.2) is 16.2 Å². The minimum Gasteiger partial charge on any atom is -0.508 e. The van der Waals surface area contributed by atoms with Gasteiger partial charge in [-0.05, 0) is 36.1 Å². The highest BCUT2D eigenvalue weighted by Crippen LogP contribution is 2.22. The zero-order valence-electron chi connectivity index (χ0n) is 8.37. The maximum atomic E-state index is 10.5. The summed E-state index contributed by atoms with van der Waals surface area (Å²) >= 11 is 0. The van der Waals surface area contributed by atoms with Crippen LogP contribution in [0.25, 0.3) is 0 Å². The van der Waals surface area contributed by atoms with Gasteiger partial charge < -0.3 is 10.2 Å². The van der Waals surface area contributed by atoms with E-state index in [1.807, 2.05) is 6.92 Å². The minimum absolute atomic E-state index is 0.0130. The van der Waals surface area contributed by atoms with Gasteiger partial charge in [-0.1, -0.05) is 13.0 Å². The van der Waals surface area contributed by atoms with E-state index in [1.54, 1.807) is 19.1 Å². The lowest BCUT2D eigenvalue weighted by Crippen LogP contribution is -2.02. The van der Waals surface area contributed by atoms with Crippen molar-refractivity contribution in [3.05, 3.63) is 28.8 Å². The zero-order chi connectivity index (χ0) is 10.7. The molecule has 0 saturated carbocycles. The van der Waals surface area contributed by atoms with Crippen molar-refractivity contribution in [1.82, 2.24) is 0 Å². The third-order valence-electron chi connectivity index (χ3n) is 2.26. The fourth-order valence-corrected chi connectivity index (χ4v) is 1.43. The lowest BCUT2D eigenvalue weighted by atomic mass is 10.0. The van der Waals surface area contributed by atoms with Gasteiger partial charge in [0.05, 0.1) is 6.42 Å². The predicted molar refractivity (Wildman–Crippen MR) is 53.6 cm³/mol. The van der Waals surface area contributed by atoms with Crippen LogP contribution < -0.4 is 0 Å². The zero-order valence-corrected chi connectivity index (χ0v) is 8.37. The number of rotatable bonds is 3. The number of aromatic hydroxyl groups is 1. The number of carboxylic acid groups (broad SMARTS) is 1. The molecule has 0 fully saturated rings. The van der Waals surface area contributed by atoms with Gasteiger partial charge >= 0.3 is 5.97 Å². The van der Waals surface area contributed by atoms with E-state index in [1.165, 1.54) is 0 Å². The Labute approximate surface area is 83.0 Å². The SMILES string of the molecule is CCc1cc(CC(=O)O)c(C)cc1O. The highest BCUT2D eigenvalue weighted by molar-refractivity contribution is 5.71. The normalized spacial score (nSPS) is 10.1. The summed E-state index contributed by atoms with van der Waals surface area (Å²) in [5.41, 5.74) is 2.39. The van der Waals surface area contributed by atoms with Crippen molar-refractivity contribution in [2.45, 2.75) is 26.7 Å². The van der Waals surface area contributed by atoms with Crippen molar-refractivity contribution < 1.29 is 15.0 Å². The molecule has 14 heavy (non-hydrogen) atoms. The smallest absolute Gasteiger partial charge is 0.307 e. The largest absolute Gasteiger partial charge is 0.508 e. The Morgan fingerprint density at radius 3 is 2.50 bits per heavy atom. The van der Waals surface area contributed by atoms with Crippen molar-refractivity contribution in [1.29, 1.82) is 0 Å². The van der Waals surface area contributed by atoms with E-state index in [0.717, 1.165) is 16.7 Å². The van der Waals surface area contributed by atoms with E-state index >= 15 is 0 Å². The molecule has 1 aromatic carbocycles. The molecule has 3 nitrogen and oxygen atoms in total. The van der Waals surface area contributed by atoms with Gasteiger partial charge in [-0.2, -0.15) is 0 Å². The molecule has 0 saturated heterocycles. The van der Waals surface area contributed by atoms with Crippen LogP contribution in [-0.2, 0) is 17.6 Å². The standard InChI is InChI=1S/C11H14O3/c1-3-8-5-9(6-11(13)14)7(2)4-10(8)12/h4-5,12H,3,6H2,1-2H3,(H,13,14). The van der Waals surface area contributed by atoms with Gasteiger partial charge in [-0.25, -0.2) is 0 Å². The van der Waals surface area contributed by atoms with Crippen LogP contribution in [0.4, 0.5) is 0 Å². The van der Waals surface area contributed by atoms with Gasteiger partial charge in [-0.15, -0.1) is 0 Å². The molecule has 0 aromatic heterocycles. The van der Waals surface area contributed by atoms with Crippen LogP contribution in [0.1, 0.15) is 23.6 Å². The molecule has 0 aliphatic carbocycles. The van der Waals surface area contributed by atoms with Crippen LogP contribution in [0.3, 0.4) is 0 Å². The number of hydrogen-bond donors (Lipinski definition) is 2. The second-order valence-corrected chi connectivity index (χ2v) is 3.33. The van der Waals surface area contributed by atoms with E-state index in [4.69, 9.17) is 5.11 Å². The fourth-order valence-electron chi connectivity index (χ4n) is 1.43. The number of hydrogen-bond acceptors (Lipinski definition) is 2. The van der Waals surface area contributed by atoms with E-state index in [0.29, 0.717) is 6.42 Å². The molecule has 3 heteroatoms. The number of carbonyl (C=O) groups is 1. The first-order valence-electron chi connectivity index (χ1n) is 4.57. The fraction of sp³-hybridized carbons (Fsp3) is 0.364. The molecule has 0 unspecified atom stereocenters.